The highest BCUT2D eigenvalue weighted by Crippen LogP contribution is 2.42. The van der Waals surface area contributed by atoms with Gasteiger partial charge in [0.2, 0.25) is 0 Å². The Hall–Kier alpha value is 0.260. The van der Waals surface area contributed by atoms with Crippen LogP contribution in [0.2, 0.25) is 5.02 Å². The first-order valence-electron chi connectivity index (χ1n) is 3.04. The fraction of sp³-hybridized carbons (Fsp3) is 0.143. The van der Waals surface area contributed by atoms with Gasteiger partial charge in [-0.15, -0.1) is 0 Å². The predicted octanol–water partition coefficient (Wildman–Crippen LogP) is 4.88. The summed E-state index contributed by atoms with van der Waals surface area (Å²) in [6.07, 6.45) is -4.44. The largest absolute Gasteiger partial charge is 0.418 e. The molecule has 1 rings (SSSR count). The molecule has 0 nitrogen and oxygen atoms in total. The number of rotatable bonds is 0. The average molecular weight is 338 g/mol. The summed E-state index contributed by atoms with van der Waals surface area (Å²) in [5.41, 5.74) is -0.858. The third-order valence-corrected chi connectivity index (χ3v) is 3.27. The zero-order chi connectivity index (χ0) is 10.2. The van der Waals surface area contributed by atoms with E-state index in [1.54, 1.807) is 0 Å². The SMILES string of the molecule is FC(F)(F)c1c(Br)ccc(Br)c1Cl. The standard InChI is InChI=1S/C7H2Br2ClF3/c8-3-1-2-4(9)6(10)5(3)7(11,12)13/h1-2H. The van der Waals surface area contributed by atoms with Gasteiger partial charge < -0.3 is 0 Å². The van der Waals surface area contributed by atoms with E-state index in [0.29, 0.717) is 0 Å². The van der Waals surface area contributed by atoms with E-state index in [2.05, 4.69) is 31.9 Å². The average Bonchev–Trinajstić information content (AvgIpc) is 1.95. The summed E-state index contributed by atoms with van der Waals surface area (Å²) < 4.78 is 37.2. The van der Waals surface area contributed by atoms with E-state index in [0.717, 1.165) is 0 Å². The first-order valence-corrected chi connectivity index (χ1v) is 5.01. The smallest absolute Gasteiger partial charge is 0.166 e. The van der Waals surface area contributed by atoms with Crippen LogP contribution in [-0.4, -0.2) is 0 Å². The number of hydrogen-bond acceptors (Lipinski definition) is 0. The Labute approximate surface area is 94.3 Å². The van der Waals surface area contributed by atoms with Crippen molar-refractivity contribution in [2.24, 2.45) is 0 Å². The topological polar surface area (TPSA) is 0 Å². The molecule has 0 heterocycles. The molecule has 0 radical (unpaired) electrons. The van der Waals surface area contributed by atoms with E-state index in [-0.39, 0.29) is 14.0 Å². The van der Waals surface area contributed by atoms with Crippen molar-refractivity contribution in [3.8, 4) is 0 Å². The van der Waals surface area contributed by atoms with E-state index < -0.39 is 11.7 Å². The van der Waals surface area contributed by atoms with Crippen molar-refractivity contribution < 1.29 is 13.2 Å². The van der Waals surface area contributed by atoms with Crippen LogP contribution in [0.4, 0.5) is 13.2 Å². The molecule has 6 heteroatoms. The molecule has 0 aliphatic carbocycles. The normalized spacial score (nSPS) is 11.8. The van der Waals surface area contributed by atoms with Crippen LogP contribution >= 0.6 is 43.5 Å². The summed E-state index contributed by atoms with van der Waals surface area (Å²) in [5, 5.41) is -0.332. The maximum Gasteiger partial charge on any atom is 0.418 e. The van der Waals surface area contributed by atoms with Crippen molar-refractivity contribution in [1.29, 1.82) is 0 Å². The summed E-state index contributed by atoms with van der Waals surface area (Å²) >= 11 is 11.2. The van der Waals surface area contributed by atoms with Gasteiger partial charge in [0.25, 0.3) is 0 Å². The van der Waals surface area contributed by atoms with E-state index >= 15 is 0 Å². The van der Waals surface area contributed by atoms with Gasteiger partial charge >= 0.3 is 6.18 Å². The fourth-order valence-corrected chi connectivity index (χ4v) is 2.06. The number of alkyl halides is 3. The van der Waals surface area contributed by atoms with Gasteiger partial charge in [0, 0.05) is 8.95 Å². The van der Waals surface area contributed by atoms with Gasteiger partial charge in [-0.1, -0.05) is 27.5 Å². The Morgan fingerprint density at radius 1 is 1.08 bits per heavy atom. The molecule has 0 aromatic heterocycles. The Balaban J connectivity index is 3.43. The summed E-state index contributed by atoms with van der Waals surface area (Å²) in [6.45, 7) is 0. The molecule has 0 unspecified atom stereocenters. The molecule has 0 aliphatic heterocycles. The lowest BCUT2D eigenvalue weighted by Gasteiger charge is -2.11. The molecule has 1 aromatic carbocycles. The highest BCUT2D eigenvalue weighted by Gasteiger charge is 2.36. The van der Waals surface area contributed by atoms with E-state index in [1.807, 2.05) is 0 Å². The highest BCUT2D eigenvalue weighted by molar-refractivity contribution is 9.11. The van der Waals surface area contributed by atoms with Crippen LogP contribution in [0.1, 0.15) is 5.56 Å². The van der Waals surface area contributed by atoms with Crippen molar-refractivity contribution in [2.45, 2.75) is 6.18 Å². The van der Waals surface area contributed by atoms with Crippen molar-refractivity contribution in [3.63, 3.8) is 0 Å². The third-order valence-electron chi connectivity index (χ3n) is 1.33. The minimum atomic E-state index is -4.44. The zero-order valence-corrected chi connectivity index (χ0v) is 9.85. The fourth-order valence-electron chi connectivity index (χ4n) is 0.787. The molecule has 0 saturated carbocycles. The quantitative estimate of drug-likeness (QED) is 0.591. The molecular weight excluding hydrogens is 336 g/mol. The van der Waals surface area contributed by atoms with Crippen molar-refractivity contribution in [3.05, 3.63) is 31.7 Å². The van der Waals surface area contributed by atoms with Crippen LogP contribution in [0.5, 0.6) is 0 Å². The number of hydrogen-bond donors (Lipinski definition) is 0. The molecule has 0 fully saturated rings. The van der Waals surface area contributed by atoms with Gasteiger partial charge in [-0.3, -0.25) is 0 Å². The van der Waals surface area contributed by atoms with Crippen LogP contribution in [0.15, 0.2) is 21.1 Å². The van der Waals surface area contributed by atoms with E-state index in [1.165, 1.54) is 12.1 Å². The second kappa shape index (κ2) is 3.79. The molecule has 13 heavy (non-hydrogen) atoms. The van der Waals surface area contributed by atoms with Crippen LogP contribution < -0.4 is 0 Å². The second-order valence-corrected chi connectivity index (χ2v) is 4.30. The molecule has 0 bridgehead atoms. The Morgan fingerprint density at radius 2 is 1.54 bits per heavy atom. The van der Waals surface area contributed by atoms with Gasteiger partial charge in [-0.25, -0.2) is 0 Å². The molecule has 0 saturated heterocycles. The first-order chi connectivity index (χ1) is 5.84. The molecule has 0 N–H and O–H groups in total. The van der Waals surface area contributed by atoms with Crippen molar-refractivity contribution in [2.75, 3.05) is 0 Å². The lowest BCUT2D eigenvalue weighted by Crippen LogP contribution is -2.07. The minimum absolute atomic E-state index is 0.0619. The third kappa shape index (κ3) is 2.39. The van der Waals surface area contributed by atoms with Crippen LogP contribution in [0.25, 0.3) is 0 Å². The molecule has 0 amide bonds. The Morgan fingerprint density at radius 3 is 1.92 bits per heavy atom. The van der Waals surface area contributed by atoms with Crippen LogP contribution in [0, 0.1) is 0 Å². The zero-order valence-electron chi connectivity index (χ0n) is 5.92. The van der Waals surface area contributed by atoms with Crippen molar-refractivity contribution >= 4 is 43.5 Å². The van der Waals surface area contributed by atoms with Gasteiger partial charge in [0.05, 0.1) is 10.6 Å². The van der Waals surface area contributed by atoms with E-state index in [9.17, 15) is 13.2 Å². The maximum atomic E-state index is 12.4. The summed E-state index contributed by atoms with van der Waals surface area (Å²) in [5.74, 6) is 0. The van der Waals surface area contributed by atoms with Gasteiger partial charge in [0.1, 0.15) is 0 Å². The molecule has 0 atom stereocenters. The summed E-state index contributed by atoms with van der Waals surface area (Å²) in [6, 6.07) is 2.74. The van der Waals surface area contributed by atoms with Crippen LogP contribution in [-0.2, 0) is 6.18 Å². The second-order valence-electron chi connectivity index (χ2n) is 2.22. The number of benzene rings is 1. The lowest BCUT2D eigenvalue weighted by molar-refractivity contribution is -0.138. The predicted molar refractivity (Wildman–Crippen MR) is 51.9 cm³/mol. The molecular formula is C7H2Br2ClF3. The molecule has 1 aromatic rings. The lowest BCUT2D eigenvalue weighted by atomic mass is 10.2. The van der Waals surface area contributed by atoms with Crippen molar-refractivity contribution in [1.82, 2.24) is 0 Å². The van der Waals surface area contributed by atoms with Crippen LogP contribution in [0.3, 0.4) is 0 Å². The maximum absolute atomic E-state index is 12.4. The molecule has 0 aliphatic rings. The van der Waals surface area contributed by atoms with E-state index in [4.69, 9.17) is 11.6 Å². The van der Waals surface area contributed by atoms with Gasteiger partial charge in [-0.05, 0) is 28.1 Å². The van der Waals surface area contributed by atoms with Gasteiger partial charge in [0.15, 0.2) is 0 Å². The van der Waals surface area contributed by atoms with Gasteiger partial charge in [-0.2, -0.15) is 13.2 Å². The Kier molecular flexibility index (Phi) is 3.30. The Bertz CT molecular complexity index is 335. The summed E-state index contributed by atoms with van der Waals surface area (Å²) in [4.78, 5) is 0. The highest BCUT2D eigenvalue weighted by atomic mass is 79.9. The molecule has 0 spiro atoms. The first kappa shape index (κ1) is 11.3. The monoisotopic (exact) mass is 336 g/mol. The minimum Gasteiger partial charge on any atom is -0.166 e. The molecule has 72 valence electrons. The number of halogens is 6. The summed E-state index contributed by atoms with van der Waals surface area (Å²) in [7, 11) is 0.